The molecule has 256 valence electrons. The Kier molecular flexibility index (Phi) is 21.8. The van der Waals surface area contributed by atoms with Gasteiger partial charge in [0.1, 0.15) is 0 Å². The molecule has 0 aromatic heterocycles. The molecule has 0 saturated heterocycles. The Bertz CT molecular complexity index is 1470. The van der Waals surface area contributed by atoms with Crippen LogP contribution in [0.1, 0.15) is 82.9 Å². The molecule has 4 rings (SSSR count). The third-order valence-electron chi connectivity index (χ3n) is 5.54. The Hall–Kier alpha value is -5.17. The largest absolute Gasteiger partial charge is 1.00 e. The van der Waals surface area contributed by atoms with Crippen molar-refractivity contribution in [2.75, 3.05) is 0 Å². The van der Waals surface area contributed by atoms with E-state index in [4.69, 9.17) is 35.7 Å². The first-order valence-corrected chi connectivity index (χ1v) is 12.7. The normalized spacial score (nSPS) is 8.96. The van der Waals surface area contributed by atoms with Crippen LogP contribution >= 0.6 is 0 Å². The van der Waals surface area contributed by atoms with Crippen molar-refractivity contribution < 1.29 is 131 Å². The molecule has 0 bridgehead atoms. The van der Waals surface area contributed by atoms with Crippen molar-refractivity contribution in [1.82, 2.24) is 0 Å². The summed E-state index contributed by atoms with van der Waals surface area (Å²) in [7, 11) is 0. The van der Waals surface area contributed by atoms with E-state index in [0.717, 1.165) is 0 Å². The zero-order valence-electron chi connectivity index (χ0n) is 25.7. The van der Waals surface area contributed by atoms with Gasteiger partial charge in [0.2, 0.25) is 0 Å². The Morgan fingerprint density at radius 2 is 0.440 bits per heavy atom. The Balaban J connectivity index is 0. The van der Waals surface area contributed by atoms with Gasteiger partial charge in [0.25, 0.3) is 0 Å². The number of hydrogen-bond acceptors (Lipinski definition) is 9. The van der Waals surface area contributed by atoms with Gasteiger partial charge in [-0.2, -0.15) is 0 Å². The third kappa shape index (κ3) is 14.9. The van der Waals surface area contributed by atoms with E-state index in [9.17, 15) is 43.5 Å². The molecule has 50 heavy (non-hydrogen) atoms. The number of rotatable bonds is 8. The SMILES string of the molecule is O=C(O)c1ccccc1C(=O)O.O=C(O)c1ccccc1C(=O)O.O=C(O)c1ccccc1C(=O)O.O=C([O-])c1ccccc1C(=O)O.[AsH3].[K+]. The van der Waals surface area contributed by atoms with E-state index in [1.165, 1.54) is 97.1 Å². The molecule has 16 nitrogen and oxygen atoms in total. The van der Waals surface area contributed by atoms with Gasteiger partial charge in [-0.15, -0.1) is 0 Å². The van der Waals surface area contributed by atoms with E-state index >= 15 is 0 Å². The molecule has 0 saturated carbocycles. The van der Waals surface area contributed by atoms with Crippen LogP contribution in [0.5, 0.6) is 0 Å². The summed E-state index contributed by atoms with van der Waals surface area (Å²) in [6.45, 7) is 0. The Morgan fingerprint density at radius 1 is 0.320 bits per heavy atom. The zero-order valence-corrected chi connectivity index (χ0v) is 31.8. The van der Waals surface area contributed by atoms with E-state index < -0.39 is 47.8 Å². The molecule has 0 fully saturated rings. The van der Waals surface area contributed by atoms with Crippen molar-refractivity contribution in [1.29, 1.82) is 0 Å². The molecule has 0 aliphatic heterocycles. The van der Waals surface area contributed by atoms with E-state index in [2.05, 4.69) is 0 Å². The van der Waals surface area contributed by atoms with Crippen molar-refractivity contribution >= 4 is 65.7 Å². The maximum atomic E-state index is 10.5. The predicted octanol–water partition coefficient (Wildman–Crippen LogP) is -1.18. The minimum Gasteiger partial charge on any atom is 1.00 e. The van der Waals surface area contributed by atoms with Crippen LogP contribution in [0, 0.1) is 0 Å². The minimum absolute atomic E-state index is 0. The Morgan fingerprint density at radius 3 is 0.540 bits per heavy atom. The van der Waals surface area contributed by atoms with Crippen LogP contribution < -0.4 is 56.5 Å². The quantitative estimate of drug-likeness (QED) is 0.104. The average molecular weight is 781 g/mol. The van der Waals surface area contributed by atoms with Crippen LogP contribution in [0.4, 0.5) is 0 Å². The van der Waals surface area contributed by atoms with Gasteiger partial charge in [-0.25, -0.2) is 33.6 Å². The molecule has 0 spiro atoms. The molecule has 0 heterocycles. The number of benzene rings is 4. The summed E-state index contributed by atoms with van der Waals surface area (Å²) >= 11 is 0. The number of carbonyl (C=O) groups excluding carboxylic acids is 1. The molecule has 0 amide bonds. The van der Waals surface area contributed by atoms with Gasteiger partial charge in [-0.1, -0.05) is 54.6 Å². The topological polar surface area (TPSA) is 301 Å². The summed E-state index contributed by atoms with van der Waals surface area (Å²) in [5.74, 6) is -10.1. The summed E-state index contributed by atoms with van der Waals surface area (Å²) in [6, 6.07) is 21.7. The van der Waals surface area contributed by atoms with Crippen molar-refractivity contribution in [3.63, 3.8) is 0 Å². The van der Waals surface area contributed by atoms with Gasteiger partial charge in [-0.3, -0.25) is 0 Å². The molecular formula is C32H26AsKO16. The summed E-state index contributed by atoms with van der Waals surface area (Å²) in [4.78, 5) is 83.6. The van der Waals surface area contributed by atoms with E-state index in [0.29, 0.717) is 0 Å². The first-order chi connectivity index (χ1) is 22.5. The monoisotopic (exact) mass is 780 g/mol. The molecule has 1 atom stereocenters. The molecule has 18 heteroatoms. The number of carboxylic acids is 8. The maximum absolute atomic E-state index is 10.5. The molecule has 4 aromatic rings. The van der Waals surface area contributed by atoms with E-state index in [1.807, 2.05) is 0 Å². The van der Waals surface area contributed by atoms with E-state index in [-0.39, 0.29) is 114 Å². The number of hydrogen-bond donors (Lipinski definition) is 7. The van der Waals surface area contributed by atoms with Gasteiger partial charge in [-0.05, 0) is 42.5 Å². The van der Waals surface area contributed by atoms with Crippen molar-refractivity contribution in [3.8, 4) is 0 Å². The molecule has 0 aliphatic carbocycles. The molecular weight excluding hydrogens is 754 g/mol. The van der Waals surface area contributed by atoms with Gasteiger partial charge in [0, 0.05) is 5.56 Å². The second kappa shape index (κ2) is 23.2. The maximum Gasteiger partial charge on any atom is 1.00 e. The molecule has 4 aromatic carbocycles. The standard InChI is InChI=1S/4C8H6O4.AsH3.K/c4*9-7(10)5-3-1-2-4-6(5)8(11)12;;/h4*1-4H,(H,9,10)(H,11,12);1H3;/q;;;;;+1/p-1. The smallest absolute Gasteiger partial charge is 1.00 e. The zero-order chi connectivity index (χ0) is 36.6. The summed E-state index contributed by atoms with van der Waals surface area (Å²) in [5.41, 5.74) is -1.69. The van der Waals surface area contributed by atoms with Crippen LogP contribution in [0.25, 0.3) is 0 Å². The number of carboxylic acid groups (broad SMARTS) is 8. The minimum atomic E-state index is -1.48. The second-order valence-corrected chi connectivity index (χ2v) is 8.61. The van der Waals surface area contributed by atoms with Crippen LogP contribution in [-0.4, -0.2) is 101 Å². The van der Waals surface area contributed by atoms with Crippen LogP contribution in [0.15, 0.2) is 97.1 Å². The molecule has 7 N–H and O–H groups in total. The average Bonchev–Trinajstić information content (AvgIpc) is 3.05. The number of carbonyl (C=O) groups is 8. The van der Waals surface area contributed by atoms with Gasteiger partial charge in [0.05, 0.1) is 44.9 Å². The summed E-state index contributed by atoms with van der Waals surface area (Å²) in [6.07, 6.45) is 0. The summed E-state index contributed by atoms with van der Waals surface area (Å²) in [5, 5.41) is 70.2. The van der Waals surface area contributed by atoms with Crippen molar-refractivity contribution in [3.05, 3.63) is 142 Å². The first kappa shape index (κ1) is 47.0. The second-order valence-electron chi connectivity index (χ2n) is 8.61. The number of aromatic carboxylic acids is 8. The Labute approximate surface area is 335 Å². The van der Waals surface area contributed by atoms with Crippen LogP contribution in [-0.2, 0) is 0 Å². The van der Waals surface area contributed by atoms with Gasteiger partial charge in [0.15, 0.2) is 0 Å². The molecule has 0 aliphatic rings. The van der Waals surface area contributed by atoms with Gasteiger partial charge >= 0.3 is 111 Å². The van der Waals surface area contributed by atoms with E-state index in [1.54, 1.807) is 0 Å². The fourth-order valence-corrected chi connectivity index (χ4v) is 3.42. The fraction of sp³-hybridized carbons (Fsp3) is 0. The van der Waals surface area contributed by atoms with Crippen LogP contribution in [0.3, 0.4) is 0 Å². The molecule has 0 radical (unpaired) electrons. The molecule has 1 unspecified atom stereocenters. The fourth-order valence-electron chi connectivity index (χ4n) is 3.42. The predicted molar refractivity (Wildman–Crippen MR) is 169 cm³/mol. The third-order valence-corrected chi connectivity index (χ3v) is 5.54. The van der Waals surface area contributed by atoms with Crippen molar-refractivity contribution in [2.45, 2.75) is 0 Å². The first-order valence-electron chi connectivity index (χ1n) is 12.7. The van der Waals surface area contributed by atoms with Crippen LogP contribution in [0.2, 0.25) is 0 Å². The van der Waals surface area contributed by atoms with Crippen molar-refractivity contribution in [2.24, 2.45) is 0 Å². The van der Waals surface area contributed by atoms with Gasteiger partial charge < -0.3 is 45.6 Å². The summed E-state index contributed by atoms with van der Waals surface area (Å²) < 4.78 is 0.